The largest absolute Gasteiger partial charge is 0.495 e. The molecule has 2 atom stereocenters. The van der Waals surface area contributed by atoms with E-state index in [4.69, 9.17) is 21.1 Å². The maximum Gasteiger partial charge on any atom is 0.147 e. The first-order chi connectivity index (χ1) is 9.60. The Morgan fingerprint density at radius 1 is 1.20 bits per heavy atom. The standard InChI is InChI=1S/C16H25ClO3/c1-5-7-8-11(6-2)15(18)12-9-10-13(19-3)14(17)16(12)20-4/h9-11,15,18H,5-8H2,1-4H3. The van der Waals surface area contributed by atoms with E-state index < -0.39 is 6.10 Å². The summed E-state index contributed by atoms with van der Waals surface area (Å²) in [7, 11) is 3.12. The summed E-state index contributed by atoms with van der Waals surface area (Å²) >= 11 is 6.25. The number of aliphatic hydroxyl groups excluding tert-OH is 1. The Labute approximate surface area is 126 Å². The fourth-order valence-electron chi connectivity index (χ4n) is 2.46. The van der Waals surface area contributed by atoms with Crippen LogP contribution in [0.1, 0.15) is 51.2 Å². The summed E-state index contributed by atoms with van der Waals surface area (Å²) in [6.07, 6.45) is 3.60. The molecule has 1 N–H and O–H groups in total. The van der Waals surface area contributed by atoms with Gasteiger partial charge >= 0.3 is 0 Å². The molecular formula is C16H25ClO3. The van der Waals surface area contributed by atoms with Gasteiger partial charge in [0.15, 0.2) is 0 Å². The number of halogens is 1. The van der Waals surface area contributed by atoms with Gasteiger partial charge in [0.25, 0.3) is 0 Å². The van der Waals surface area contributed by atoms with Crippen molar-refractivity contribution in [1.29, 1.82) is 0 Å². The molecule has 0 heterocycles. The Balaban J connectivity index is 3.07. The molecule has 0 fully saturated rings. The molecule has 0 aliphatic carbocycles. The Kier molecular flexibility index (Phi) is 7.17. The maximum atomic E-state index is 10.6. The first kappa shape index (κ1) is 17.1. The third-order valence-corrected chi connectivity index (χ3v) is 4.09. The van der Waals surface area contributed by atoms with Gasteiger partial charge in [-0.1, -0.05) is 44.7 Å². The van der Waals surface area contributed by atoms with Crippen LogP contribution in [-0.2, 0) is 0 Å². The van der Waals surface area contributed by atoms with Gasteiger partial charge in [-0.2, -0.15) is 0 Å². The molecule has 4 heteroatoms. The van der Waals surface area contributed by atoms with E-state index in [2.05, 4.69) is 13.8 Å². The Hall–Kier alpha value is -0.930. The van der Waals surface area contributed by atoms with E-state index in [-0.39, 0.29) is 5.92 Å². The van der Waals surface area contributed by atoms with Crippen LogP contribution >= 0.6 is 11.6 Å². The number of hydrogen-bond donors (Lipinski definition) is 1. The molecule has 0 radical (unpaired) electrons. The average molecular weight is 301 g/mol. The molecule has 0 saturated carbocycles. The highest BCUT2D eigenvalue weighted by atomic mass is 35.5. The van der Waals surface area contributed by atoms with Gasteiger partial charge in [0.05, 0.1) is 20.3 Å². The van der Waals surface area contributed by atoms with E-state index in [1.54, 1.807) is 20.3 Å². The average Bonchev–Trinajstić information content (AvgIpc) is 2.47. The second-order valence-electron chi connectivity index (χ2n) is 4.96. The van der Waals surface area contributed by atoms with Crippen molar-refractivity contribution >= 4 is 11.6 Å². The molecule has 0 amide bonds. The van der Waals surface area contributed by atoms with Gasteiger partial charge in [0.1, 0.15) is 16.5 Å². The summed E-state index contributed by atoms with van der Waals surface area (Å²) in [6.45, 7) is 4.26. The molecule has 114 valence electrons. The summed E-state index contributed by atoms with van der Waals surface area (Å²) < 4.78 is 10.5. The number of benzene rings is 1. The SMILES string of the molecule is CCCCC(CC)C(O)c1ccc(OC)c(Cl)c1OC. The third-order valence-electron chi connectivity index (χ3n) is 3.73. The van der Waals surface area contributed by atoms with Crippen molar-refractivity contribution in [2.75, 3.05) is 14.2 Å². The molecule has 0 aliphatic rings. The van der Waals surface area contributed by atoms with Gasteiger partial charge in [0.2, 0.25) is 0 Å². The molecule has 0 aliphatic heterocycles. The van der Waals surface area contributed by atoms with E-state index in [1.165, 1.54) is 0 Å². The molecule has 1 aromatic carbocycles. The van der Waals surface area contributed by atoms with E-state index in [1.807, 2.05) is 6.07 Å². The number of aliphatic hydroxyl groups is 1. The zero-order valence-electron chi connectivity index (χ0n) is 12.8. The van der Waals surface area contributed by atoms with E-state index in [0.717, 1.165) is 31.2 Å². The molecule has 0 spiro atoms. The van der Waals surface area contributed by atoms with Gasteiger partial charge in [-0.3, -0.25) is 0 Å². The molecule has 0 saturated heterocycles. The highest BCUT2D eigenvalue weighted by molar-refractivity contribution is 6.33. The van der Waals surface area contributed by atoms with Crippen molar-refractivity contribution < 1.29 is 14.6 Å². The second-order valence-corrected chi connectivity index (χ2v) is 5.34. The fourth-order valence-corrected chi connectivity index (χ4v) is 2.78. The van der Waals surface area contributed by atoms with Crippen LogP contribution in [0.15, 0.2) is 12.1 Å². The number of unbranched alkanes of at least 4 members (excludes halogenated alkanes) is 1. The van der Waals surface area contributed by atoms with Crippen LogP contribution in [0.2, 0.25) is 5.02 Å². The fraction of sp³-hybridized carbons (Fsp3) is 0.625. The predicted molar refractivity (Wildman–Crippen MR) is 82.8 cm³/mol. The number of ether oxygens (including phenoxy) is 2. The number of methoxy groups -OCH3 is 2. The van der Waals surface area contributed by atoms with Crippen LogP contribution in [0.5, 0.6) is 11.5 Å². The van der Waals surface area contributed by atoms with Crippen molar-refractivity contribution in [2.24, 2.45) is 5.92 Å². The highest BCUT2D eigenvalue weighted by Gasteiger charge is 2.24. The Bertz CT molecular complexity index is 420. The first-order valence-corrected chi connectivity index (χ1v) is 7.56. The summed E-state index contributed by atoms with van der Waals surface area (Å²) in [5, 5.41) is 11.0. The van der Waals surface area contributed by atoms with Crippen LogP contribution in [0.25, 0.3) is 0 Å². The molecule has 0 bridgehead atoms. The predicted octanol–water partition coefficient (Wildman–Crippen LogP) is 4.61. The summed E-state index contributed by atoms with van der Waals surface area (Å²) in [6, 6.07) is 3.61. The monoisotopic (exact) mass is 300 g/mol. The maximum absolute atomic E-state index is 10.6. The second kappa shape index (κ2) is 8.38. The van der Waals surface area contributed by atoms with Crippen LogP contribution in [-0.4, -0.2) is 19.3 Å². The minimum atomic E-state index is -0.565. The van der Waals surface area contributed by atoms with Crippen LogP contribution in [0.3, 0.4) is 0 Å². The normalized spacial score (nSPS) is 13.9. The third kappa shape index (κ3) is 3.80. The van der Waals surface area contributed by atoms with Crippen molar-refractivity contribution in [2.45, 2.75) is 45.6 Å². The van der Waals surface area contributed by atoms with Crippen molar-refractivity contribution in [3.05, 3.63) is 22.7 Å². The van der Waals surface area contributed by atoms with Crippen LogP contribution in [0.4, 0.5) is 0 Å². The molecule has 2 unspecified atom stereocenters. The van der Waals surface area contributed by atoms with Crippen molar-refractivity contribution in [3.63, 3.8) is 0 Å². The van der Waals surface area contributed by atoms with Gasteiger partial charge in [-0.05, 0) is 24.5 Å². The van der Waals surface area contributed by atoms with Gasteiger partial charge in [-0.15, -0.1) is 0 Å². The lowest BCUT2D eigenvalue weighted by Crippen LogP contribution is -2.13. The van der Waals surface area contributed by atoms with Crippen LogP contribution in [0, 0.1) is 5.92 Å². The van der Waals surface area contributed by atoms with E-state index >= 15 is 0 Å². The van der Waals surface area contributed by atoms with Gasteiger partial charge in [-0.25, -0.2) is 0 Å². The lowest BCUT2D eigenvalue weighted by Gasteiger charge is -2.24. The van der Waals surface area contributed by atoms with E-state index in [9.17, 15) is 5.11 Å². The summed E-state index contributed by atoms with van der Waals surface area (Å²) in [4.78, 5) is 0. The molecule has 3 nitrogen and oxygen atoms in total. The Morgan fingerprint density at radius 2 is 1.90 bits per heavy atom. The zero-order valence-corrected chi connectivity index (χ0v) is 13.5. The van der Waals surface area contributed by atoms with Crippen molar-refractivity contribution in [1.82, 2.24) is 0 Å². The number of rotatable bonds is 8. The smallest absolute Gasteiger partial charge is 0.147 e. The quantitative estimate of drug-likeness (QED) is 0.762. The van der Waals surface area contributed by atoms with Crippen LogP contribution < -0.4 is 9.47 Å². The van der Waals surface area contributed by atoms with Gasteiger partial charge in [0, 0.05) is 5.56 Å². The van der Waals surface area contributed by atoms with Crippen molar-refractivity contribution in [3.8, 4) is 11.5 Å². The number of hydrogen-bond acceptors (Lipinski definition) is 3. The molecule has 1 aromatic rings. The van der Waals surface area contributed by atoms with E-state index in [0.29, 0.717) is 16.5 Å². The van der Waals surface area contributed by atoms with Gasteiger partial charge < -0.3 is 14.6 Å². The topological polar surface area (TPSA) is 38.7 Å². The summed E-state index contributed by atoms with van der Waals surface area (Å²) in [5.41, 5.74) is 0.737. The Morgan fingerprint density at radius 3 is 2.40 bits per heavy atom. The minimum absolute atomic E-state index is 0.216. The summed E-state index contributed by atoms with van der Waals surface area (Å²) in [5.74, 6) is 1.28. The lowest BCUT2D eigenvalue weighted by atomic mass is 9.88. The molecule has 1 rings (SSSR count). The minimum Gasteiger partial charge on any atom is -0.495 e. The zero-order chi connectivity index (χ0) is 15.1. The molecule has 0 aromatic heterocycles. The lowest BCUT2D eigenvalue weighted by molar-refractivity contribution is 0.0961. The highest BCUT2D eigenvalue weighted by Crippen LogP contribution is 2.42. The molecular weight excluding hydrogens is 276 g/mol. The first-order valence-electron chi connectivity index (χ1n) is 7.19. The molecule has 20 heavy (non-hydrogen) atoms.